The second-order valence-electron chi connectivity index (χ2n) is 5.12. The van der Waals surface area contributed by atoms with Crippen molar-refractivity contribution in [3.8, 4) is 16.9 Å². The van der Waals surface area contributed by atoms with Crippen LogP contribution in [0.5, 0.6) is 5.75 Å². The standard InChI is InChI=1S/C18H12N2O2/c21-16-7-6-14-15(11-17(16)22)20-9-8-13(10-18(20)19-14)12-4-2-1-3-5-12/h1-11H,(H,21,22). The summed E-state index contributed by atoms with van der Waals surface area (Å²) in [7, 11) is 0. The summed E-state index contributed by atoms with van der Waals surface area (Å²) in [5.74, 6) is -0.271. The first-order chi connectivity index (χ1) is 10.7. The molecule has 0 amide bonds. The van der Waals surface area contributed by atoms with Crippen molar-refractivity contribution in [1.82, 2.24) is 9.38 Å². The number of imidazole rings is 1. The molecule has 2 heterocycles. The lowest BCUT2D eigenvalue weighted by atomic mass is 10.1. The number of hydrogen-bond acceptors (Lipinski definition) is 3. The second-order valence-corrected chi connectivity index (χ2v) is 5.12. The molecule has 4 heteroatoms. The normalized spacial score (nSPS) is 11.1. The fourth-order valence-corrected chi connectivity index (χ4v) is 2.60. The van der Waals surface area contributed by atoms with E-state index in [0.717, 1.165) is 16.8 Å². The number of aromatic hydroxyl groups is 1. The lowest BCUT2D eigenvalue weighted by molar-refractivity contribution is 0.471. The van der Waals surface area contributed by atoms with Crippen LogP contribution in [0.25, 0.3) is 27.8 Å². The maximum atomic E-state index is 11.8. The van der Waals surface area contributed by atoms with Crippen LogP contribution in [0.1, 0.15) is 0 Å². The maximum absolute atomic E-state index is 11.8. The number of hydrogen-bond donors (Lipinski definition) is 1. The van der Waals surface area contributed by atoms with Crippen molar-refractivity contribution in [3.05, 3.63) is 77.1 Å². The summed E-state index contributed by atoms with van der Waals surface area (Å²) in [5.41, 5.74) is 3.88. The Morgan fingerprint density at radius 1 is 0.909 bits per heavy atom. The number of fused-ring (bicyclic) bond motifs is 3. The van der Waals surface area contributed by atoms with E-state index in [2.05, 4.69) is 4.98 Å². The third-order valence-corrected chi connectivity index (χ3v) is 3.72. The highest BCUT2D eigenvalue weighted by Crippen LogP contribution is 2.23. The maximum Gasteiger partial charge on any atom is 0.222 e. The van der Waals surface area contributed by atoms with E-state index in [1.807, 2.05) is 53.1 Å². The van der Waals surface area contributed by atoms with E-state index >= 15 is 0 Å². The minimum Gasteiger partial charge on any atom is -0.504 e. The van der Waals surface area contributed by atoms with Gasteiger partial charge in [0.25, 0.3) is 0 Å². The van der Waals surface area contributed by atoms with Gasteiger partial charge in [0, 0.05) is 12.3 Å². The molecule has 0 aliphatic heterocycles. The lowest BCUT2D eigenvalue weighted by Gasteiger charge is -2.02. The molecule has 22 heavy (non-hydrogen) atoms. The van der Waals surface area contributed by atoms with Crippen LogP contribution in [-0.4, -0.2) is 14.5 Å². The Balaban J connectivity index is 2.01. The predicted molar refractivity (Wildman–Crippen MR) is 86.1 cm³/mol. The summed E-state index contributed by atoms with van der Waals surface area (Å²) in [6.45, 7) is 0. The third kappa shape index (κ3) is 1.93. The molecule has 2 aromatic heterocycles. The molecular formula is C18H12N2O2. The molecule has 0 aliphatic carbocycles. The SMILES string of the molecule is O=c1cc2c(ccc1O)nc1cc(-c3ccccc3)ccn12. The van der Waals surface area contributed by atoms with Crippen LogP contribution in [-0.2, 0) is 0 Å². The van der Waals surface area contributed by atoms with E-state index in [0.29, 0.717) is 11.0 Å². The molecule has 0 radical (unpaired) electrons. The summed E-state index contributed by atoms with van der Waals surface area (Å²) < 4.78 is 1.85. The van der Waals surface area contributed by atoms with Crippen LogP contribution in [0.15, 0.2) is 71.7 Å². The second kappa shape index (κ2) is 4.70. The molecule has 106 valence electrons. The van der Waals surface area contributed by atoms with Crippen LogP contribution in [0.3, 0.4) is 0 Å². The van der Waals surface area contributed by atoms with Crippen molar-refractivity contribution >= 4 is 16.7 Å². The van der Waals surface area contributed by atoms with Gasteiger partial charge < -0.3 is 5.11 Å². The van der Waals surface area contributed by atoms with Crippen LogP contribution in [0.2, 0.25) is 0 Å². The van der Waals surface area contributed by atoms with E-state index in [9.17, 15) is 9.90 Å². The van der Waals surface area contributed by atoms with Gasteiger partial charge in [-0.2, -0.15) is 0 Å². The van der Waals surface area contributed by atoms with E-state index in [1.54, 1.807) is 6.07 Å². The first kappa shape index (κ1) is 12.6. The predicted octanol–water partition coefficient (Wildman–Crippen LogP) is 3.22. The van der Waals surface area contributed by atoms with Crippen molar-refractivity contribution in [1.29, 1.82) is 0 Å². The average molecular weight is 288 g/mol. The highest BCUT2D eigenvalue weighted by Gasteiger charge is 2.07. The molecule has 4 rings (SSSR count). The first-order valence-corrected chi connectivity index (χ1v) is 6.93. The monoisotopic (exact) mass is 288 g/mol. The van der Waals surface area contributed by atoms with Gasteiger partial charge in [-0.15, -0.1) is 0 Å². The molecule has 4 nitrogen and oxygen atoms in total. The zero-order valence-electron chi connectivity index (χ0n) is 11.6. The Morgan fingerprint density at radius 3 is 2.55 bits per heavy atom. The van der Waals surface area contributed by atoms with Gasteiger partial charge >= 0.3 is 0 Å². The van der Waals surface area contributed by atoms with Gasteiger partial charge in [-0.25, -0.2) is 4.98 Å². The molecular weight excluding hydrogens is 276 g/mol. The van der Waals surface area contributed by atoms with Gasteiger partial charge in [0.05, 0.1) is 11.0 Å². The summed E-state index contributed by atoms with van der Waals surface area (Å²) in [6.07, 6.45) is 1.89. The van der Waals surface area contributed by atoms with Crippen LogP contribution < -0.4 is 5.43 Å². The summed E-state index contributed by atoms with van der Waals surface area (Å²) in [6, 6.07) is 18.5. The molecule has 0 saturated heterocycles. The largest absolute Gasteiger partial charge is 0.504 e. The van der Waals surface area contributed by atoms with Crippen molar-refractivity contribution < 1.29 is 5.11 Å². The van der Waals surface area contributed by atoms with Crippen molar-refractivity contribution in [2.24, 2.45) is 0 Å². The van der Waals surface area contributed by atoms with E-state index in [1.165, 1.54) is 12.1 Å². The number of pyridine rings is 1. The van der Waals surface area contributed by atoms with Crippen molar-refractivity contribution in [2.45, 2.75) is 0 Å². The molecule has 0 saturated carbocycles. The van der Waals surface area contributed by atoms with Crippen molar-refractivity contribution in [3.63, 3.8) is 0 Å². The minimum absolute atomic E-state index is 0.271. The molecule has 0 atom stereocenters. The van der Waals surface area contributed by atoms with E-state index < -0.39 is 5.43 Å². The van der Waals surface area contributed by atoms with Gasteiger partial charge in [-0.3, -0.25) is 9.20 Å². The molecule has 0 aliphatic rings. The number of rotatable bonds is 1. The van der Waals surface area contributed by atoms with Crippen LogP contribution in [0.4, 0.5) is 0 Å². The quantitative estimate of drug-likeness (QED) is 0.585. The fourth-order valence-electron chi connectivity index (χ4n) is 2.60. The molecule has 1 N–H and O–H groups in total. The molecule has 4 aromatic rings. The fraction of sp³-hybridized carbons (Fsp3) is 0. The van der Waals surface area contributed by atoms with Gasteiger partial charge in [0.2, 0.25) is 5.43 Å². The highest BCUT2D eigenvalue weighted by molar-refractivity contribution is 5.82. The van der Waals surface area contributed by atoms with Gasteiger partial charge in [-0.1, -0.05) is 30.3 Å². The smallest absolute Gasteiger partial charge is 0.222 e. The van der Waals surface area contributed by atoms with E-state index in [-0.39, 0.29) is 5.75 Å². The van der Waals surface area contributed by atoms with Crippen LogP contribution in [0, 0.1) is 0 Å². The Hall–Kier alpha value is -3.14. The zero-order chi connectivity index (χ0) is 15.1. The van der Waals surface area contributed by atoms with Gasteiger partial charge in [-0.05, 0) is 35.4 Å². The number of benzene rings is 1. The van der Waals surface area contributed by atoms with Gasteiger partial charge in [0.15, 0.2) is 5.75 Å². The summed E-state index contributed by atoms with van der Waals surface area (Å²) >= 11 is 0. The highest BCUT2D eigenvalue weighted by atomic mass is 16.3. The Bertz CT molecular complexity index is 1050. The molecule has 0 bridgehead atoms. The molecule has 0 spiro atoms. The summed E-state index contributed by atoms with van der Waals surface area (Å²) in [4.78, 5) is 16.3. The molecule has 0 fully saturated rings. The number of aromatic nitrogens is 2. The minimum atomic E-state index is -0.413. The first-order valence-electron chi connectivity index (χ1n) is 6.93. The Labute approximate surface area is 125 Å². The van der Waals surface area contributed by atoms with E-state index in [4.69, 9.17) is 0 Å². The lowest BCUT2D eigenvalue weighted by Crippen LogP contribution is -1.94. The Morgan fingerprint density at radius 2 is 1.73 bits per heavy atom. The summed E-state index contributed by atoms with van der Waals surface area (Å²) in [5, 5.41) is 9.53. The number of nitrogens with zero attached hydrogens (tertiary/aromatic N) is 2. The van der Waals surface area contributed by atoms with Crippen LogP contribution >= 0.6 is 0 Å². The van der Waals surface area contributed by atoms with Crippen molar-refractivity contribution in [2.75, 3.05) is 0 Å². The third-order valence-electron chi connectivity index (χ3n) is 3.72. The Kier molecular flexibility index (Phi) is 2.69. The molecule has 2 aromatic carbocycles. The topological polar surface area (TPSA) is 54.6 Å². The van der Waals surface area contributed by atoms with Gasteiger partial charge in [0.1, 0.15) is 5.65 Å². The zero-order valence-corrected chi connectivity index (χ0v) is 11.6. The molecule has 0 unspecified atom stereocenters. The average Bonchev–Trinajstić information content (AvgIpc) is 2.83.